The van der Waals surface area contributed by atoms with Crippen molar-refractivity contribution in [2.24, 2.45) is 0 Å². The Balaban J connectivity index is 2.17. The van der Waals surface area contributed by atoms with Crippen LogP contribution in [0.5, 0.6) is 0 Å². The molecule has 0 atom stereocenters. The van der Waals surface area contributed by atoms with Gasteiger partial charge in [-0.05, 0) is 23.1 Å². The minimum absolute atomic E-state index is 0.0457. The van der Waals surface area contributed by atoms with E-state index in [4.69, 9.17) is 0 Å². The standard InChI is InChI=1S/C16H15N4O2/c1-16(2,3)11-4-5-13-12(6-11)14(22)19-15(18-13)20-8-10(9-21)7-17-20/h4-8H,1-3H3,(H,18,19,22). The van der Waals surface area contributed by atoms with Crippen molar-refractivity contribution < 1.29 is 4.79 Å². The fraction of sp³-hybridized carbons (Fsp3) is 0.250. The van der Waals surface area contributed by atoms with Gasteiger partial charge in [0, 0.05) is 6.20 Å². The first-order valence-corrected chi connectivity index (χ1v) is 6.86. The van der Waals surface area contributed by atoms with Gasteiger partial charge in [-0.25, -0.2) is 9.67 Å². The van der Waals surface area contributed by atoms with Gasteiger partial charge in [0.2, 0.25) is 12.2 Å². The average molecular weight is 295 g/mol. The number of nitrogens with zero attached hydrogens (tertiary/aromatic N) is 3. The predicted octanol–water partition coefficient (Wildman–Crippen LogP) is 1.86. The zero-order valence-electron chi connectivity index (χ0n) is 12.5. The molecule has 1 radical (unpaired) electrons. The van der Waals surface area contributed by atoms with Gasteiger partial charge in [-0.2, -0.15) is 5.10 Å². The third-order valence-corrected chi connectivity index (χ3v) is 3.48. The molecule has 0 aliphatic carbocycles. The van der Waals surface area contributed by atoms with Crippen LogP contribution in [0.1, 0.15) is 31.9 Å². The highest BCUT2D eigenvalue weighted by atomic mass is 16.1. The number of carbonyl (C=O) groups excluding carboxylic acids is 1. The lowest BCUT2D eigenvalue weighted by Crippen LogP contribution is -2.16. The largest absolute Gasteiger partial charge is 0.290 e. The molecule has 2 heterocycles. The highest BCUT2D eigenvalue weighted by Crippen LogP contribution is 2.24. The van der Waals surface area contributed by atoms with Crippen molar-refractivity contribution in [1.82, 2.24) is 19.7 Å². The van der Waals surface area contributed by atoms with Gasteiger partial charge in [0.1, 0.15) is 0 Å². The Labute approximate surface area is 126 Å². The summed E-state index contributed by atoms with van der Waals surface area (Å²) < 4.78 is 1.35. The zero-order chi connectivity index (χ0) is 15.9. The number of aromatic amines is 1. The van der Waals surface area contributed by atoms with Gasteiger partial charge in [-0.1, -0.05) is 26.8 Å². The maximum absolute atomic E-state index is 12.3. The Morgan fingerprint density at radius 1 is 1.27 bits per heavy atom. The summed E-state index contributed by atoms with van der Waals surface area (Å²) >= 11 is 0. The number of benzene rings is 1. The summed E-state index contributed by atoms with van der Waals surface area (Å²) in [6.45, 7) is 6.27. The van der Waals surface area contributed by atoms with Gasteiger partial charge < -0.3 is 0 Å². The molecule has 0 fully saturated rings. The van der Waals surface area contributed by atoms with Crippen molar-refractivity contribution in [3.05, 3.63) is 52.1 Å². The van der Waals surface area contributed by atoms with Gasteiger partial charge in [-0.3, -0.25) is 14.6 Å². The monoisotopic (exact) mass is 295 g/mol. The van der Waals surface area contributed by atoms with Crippen LogP contribution in [0.3, 0.4) is 0 Å². The molecule has 0 bridgehead atoms. The van der Waals surface area contributed by atoms with Gasteiger partial charge in [0.05, 0.1) is 22.7 Å². The molecular formula is C16H15N4O2. The van der Waals surface area contributed by atoms with Gasteiger partial charge in [0.15, 0.2) is 0 Å². The Hall–Kier alpha value is -2.76. The maximum atomic E-state index is 12.3. The van der Waals surface area contributed by atoms with E-state index in [1.165, 1.54) is 17.1 Å². The van der Waals surface area contributed by atoms with E-state index in [0.29, 0.717) is 16.5 Å². The van der Waals surface area contributed by atoms with Crippen LogP contribution in [-0.2, 0) is 10.2 Å². The molecule has 0 spiro atoms. The van der Waals surface area contributed by atoms with E-state index in [2.05, 4.69) is 35.8 Å². The van der Waals surface area contributed by atoms with E-state index in [-0.39, 0.29) is 16.9 Å². The SMILES string of the molecule is CC(C)(C)c1ccc2nc(-n3cc([C]=O)cn3)[nH]c(=O)c2c1. The Morgan fingerprint density at radius 3 is 2.68 bits per heavy atom. The fourth-order valence-corrected chi connectivity index (χ4v) is 2.19. The molecule has 3 rings (SSSR count). The van der Waals surface area contributed by atoms with E-state index in [9.17, 15) is 9.59 Å². The van der Waals surface area contributed by atoms with Crippen molar-refractivity contribution in [1.29, 1.82) is 0 Å². The lowest BCUT2D eigenvalue weighted by Gasteiger charge is -2.19. The normalized spacial score (nSPS) is 11.8. The van der Waals surface area contributed by atoms with E-state index < -0.39 is 0 Å². The highest BCUT2D eigenvalue weighted by Gasteiger charge is 2.15. The van der Waals surface area contributed by atoms with Crippen LogP contribution in [0.25, 0.3) is 16.9 Å². The number of aromatic nitrogens is 4. The molecular weight excluding hydrogens is 280 g/mol. The van der Waals surface area contributed by atoms with Crippen LogP contribution in [-0.4, -0.2) is 26.0 Å². The van der Waals surface area contributed by atoms with E-state index in [1.807, 2.05) is 18.2 Å². The molecule has 0 aliphatic heterocycles. The third-order valence-electron chi connectivity index (χ3n) is 3.48. The summed E-state index contributed by atoms with van der Waals surface area (Å²) in [5.41, 5.74) is 1.66. The predicted molar refractivity (Wildman–Crippen MR) is 83.0 cm³/mol. The molecule has 1 N–H and O–H groups in total. The molecule has 22 heavy (non-hydrogen) atoms. The van der Waals surface area contributed by atoms with E-state index in [0.717, 1.165) is 5.56 Å². The molecule has 0 amide bonds. The molecule has 1 aromatic carbocycles. The molecule has 0 unspecified atom stereocenters. The maximum Gasteiger partial charge on any atom is 0.260 e. The van der Waals surface area contributed by atoms with Crippen LogP contribution in [0.4, 0.5) is 0 Å². The van der Waals surface area contributed by atoms with Crippen LogP contribution >= 0.6 is 0 Å². The topological polar surface area (TPSA) is 80.6 Å². The Bertz CT molecular complexity index is 916. The molecule has 6 heteroatoms. The lowest BCUT2D eigenvalue weighted by atomic mass is 9.86. The summed E-state index contributed by atoms with van der Waals surface area (Å²) in [5, 5.41) is 4.52. The van der Waals surface area contributed by atoms with Gasteiger partial charge >= 0.3 is 0 Å². The van der Waals surface area contributed by atoms with Crippen molar-refractivity contribution in [3.63, 3.8) is 0 Å². The Morgan fingerprint density at radius 2 is 2.05 bits per heavy atom. The van der Waals surface area contributed by atoms with E-state index in [1.54, 1.807) is 6.29 Å². The highest BCUT2D eigenvalue weighted by molar-refractivity contribution is 5.79. The van der Waals surface area contributed by atoms with Crippen LogP contribution < -0.4 is 5.56 Å². The minimum Gasteiger partial charge on any atom is -0.290 e. The zero-order valence-corrected chi connectivity index (χ0v) is 12.5. The first-order chi connectivity index (χ1) is 10.4. The molecule has 111 valence electrons. The van der Waals surface area contributed by atoms with E-state index >= 15 is 0 Å². The summed E-state index contributed by atoms with van der Waals surface area (Å²) in [6, 6.07) is 5.65. The van der Waals surface area contributed by atoms with Crippen molar-refractivity contribution in [3.8, 4) is 5.95 Å². The molecule has 0 saturated heterocycles. The van der Waals surface area contributed by atoms with Gasteiger partial charge in [0.25, 0.3) is 5.56 Å². The summed E-state index contributed by atoms with van der Waals surface area (Å²) in [4.78, 5) is 30.0. The summed E-state index contributed by atoms with van der Waals surface area (Å²) in [6.07, 6.45) is 4.56. The van der Waals surface area contributed by atoms with Crippen molar-refractivity contribution in [2.75, 3.05) is 0 Å². The van der Waals surface area contributed by atoms with Crippen LogP contribution in [0.2, 0.25) is 0 Å². The number of rotatable bonds is 2. The van der Waals surface area contributed by atoms with Crippen molar-refractivity contribution in [2.45, 2.75) is 26.2 Å². The first kappa shape index (κ1) is 14.2. The number of hydrogen-bond donors (Lipinski definition) is 1. The Kier molecular flexibility index (Phi) is 3.16. The molecule has 6 nitrogen and oxygen atoms in total. The second kappa shape index (κ2) is 4.91. The molecule has 0 saturated carbocycles. The number of fused-ring (bicyclic) bond motifs is 1. The molecule has 0 aliphatic rings. The smallest absolute Gasteiger partial charge is 0.260 e. The molecule has 2 aromatic heterocycles. The van der Waals surface area contributed by atoms with Crippen molar-refractivity contribution >= 4 is 17.2 Å². The number of nitrogens with one attached hydrogen (secondary N) is 1. The first-order valence-electron chi connectivity index (χ1n) is 6.86. The summed E-state index contributed by atoms with van der Waals surface area (Å²) in [7, 11) is 0. The fourth-order valence-electron chi connectivity index (χ4n) is 2.19. The number of H-pyrrole nitrogens is 1. The minimum atomic E-state index is -0.238. The third kappa shape index (κ3) is 2.43. The van der Waals surface area contributed by atoms with Crippen LogP contribution in [0, 0.1) is 0 Å². The second-order valence-electron chi connectivity index (χ2n) is 6.15. The average Bonchev–Trinajstić information content (AvgIpc) is 2.94. The summed E-state index contributed by atoms with van der Waals surface area (Å²) in [5.74, 6) is 0.266. The molecule has 3 aromatic rings. The van der Waals surface area contributed by atoms with Gasteiger partial charge in [-0.15, -0.1) is 0 Å². The quantitative estimate of drug-likeness (QED) is 0.782. The lowest BCUT2D eigenvalue weighted by molar-refractivity contribution is 0.562. The number of hydrogen-bond acceptors (Lipinski definition) is 4. The second-order valence-corrected chi connectivity index (χ2v) is 6.15. The van der Waals surface area contributed by atoms with Crippen LogP contribution in [0.15, 0.2) is 35.4 Å².